The number of rotatable bonds is 9. The van der Waals surface area contributed by atoms with Gasteiger partial charge in [-0.25, -0.2) is 0 Å². The lowest BCUT2D eigenvalue weighted by molar-refractivity contribution is -0.126. The fourth-order valence-electron chi connectivity index (χ4n) is 2.93. The molecule has 1 heterocycles. The molecule has 0 aliphatic rings. The van der Waals surface area contributed by atoms with Crippen LogP contribution in [0, 0.1) is 6.92 Å². The highest BCUT2D eigenvalue weighted by molar-refractivity contribution is 5.91. The molecule has 0 atom stereocenters. The van der Waals surface area contributed by atoms with E-state index < -0.39 is 0 Å². The summed E-state index contributed by atoms with van der Waals surface area (Å²) >= 11 is 0. The zero-order valence-electron chi connectivity index (χ0n) is 17.0. The Morgan fingerprint density at radius 2 is 1.83 bits per heavy atom. The molecule has 0 aliphatic carbocycles. The van der Waals surface area contributed by atoms with Crippen LogP contribution in [0.1, 0.15) is 36.8 Å². The third-order valence-corrected chi connectivity index (χ3v) is 4.68. The van der Waals surface area contributed by atoms with Gasteiger partial charge in [-0.15, -0.1) is 0 Å². The van der Waals surface area contributed by atoms with Crippen LogP contribution in [-0.4, -0.2) is 34.0 Å². The second kappa shape index (κ2) is 10.4. The lowest BCUT2D eigenvalue weighted by Gasteiger charge is -2.20. The molecule has 2 aromatic carbocycles. The standard InChI is InChI=1S/C24H27N3O2/c1-3-4-17-27(23(28)15-12-20-8-6-5-7-9-20)18-16-22-25-24(26-29-22)21-13-10-19(2)11-14-21/h5-15H,3-4,16-18H2,1-2H3/b15-12+. The van der Waals surface area contributed by atoms with Gasteiger partial charge in [-0.3, -0.25) is 4.79 Å². The number of amides is 1. The molecular weight excluding hydrogens is 362 g/mol. The molecule has 0 saturated heterocycles. The van der Waals surface area contributed by atoms with Crippen molar-refractivity contribution in [2.45, 2.75) is 33.1 Å². The number of hydrogen-bond donors (Lipinski definition) is 0. The number of aromatic nitrogens is 2. The number of benzene rings is 2. The Morgan fingerprint density at radius 1 is 1.07 bits per heavy atom. The van der Waals surface area contributed by atoms with Crippen molar-refractivity contribution >= 4 is 12.0 Å². The largest absolute Gasteiger partial charge is 0.339 e. The minimum Gasteiger partial charge on any atom is -0.339 e. The second-order valence-corrected chi connectivity index (χ2v) is 7.05. The Morgan fingerprint density at radius 3 is 2.55 bits per heavy atom. The molecule has 3 aromatic rings. The van der Waals surface area contributed by atoms with Crippen LogP contribution in [0.15, 0.2) is 65.2 Å². The van der Waals surface area contributed by atoms with Crippen LogP contribution in [0.5, 0.6) is 0 Å². The number of carbonyl (C=O) groups excluding carboxylic acids is 1. The number of hydrogen-bond acceptors (Lipinski definition) is 4. The number of aryl methyl sites for hydroxylation is 1. The summed E-state index contributed by atoms with van der Waals surface area (Å²) in [7, 11) is 0. The molecule has 0 unspecified atom stereocenters. The van der Waals surface area contributed by atoms with Gasteiger partial charge < -0.3 is 9.42 Å². The van der Waals surface area contributed by atoms with E-state index in [-0.39, 0.29) is 5.91 Å². The number of carbonyl (C=O) groups is 1. The van der Waals surface area contributed by atoms with Crippen molar-refractivity contribution < 1.29 is 9.32 Å². The van der Waals surface area contributed by atoms with Crippen LogP contribution in [-0.2, 0) is 11.2 Å². The summed E-state index contributed by atoms with van der Waals surface area (Å²) in [6.07, 6.45) is 6.02. The molecule has 1 amide bonds. The van der Waals surface area contributed by atoms with Gasteiger partial charge in [0, 0.05) is 31.1 Å². The highest BCUT2D eigenvalue weighted by atomic mass is 16.5. The highest BCUT2D eigenvalue weighted by Crippen LogP contribution is 2.16. The lowest BCUT2D eigenvalue weighted by atomic mass is 10.1. The van der Waals surface area contributed by atoms with E-state index in [2.05, 4.69) is 17.1 Å². The van der Waals surface area contributed by atoms with Crippen molar-refractivity contribution in [3.63, 3.8) is 0 Å². The fourth-order valence-corrected chi connectivity index (χ4v) is 2.93. The van der Waals surface area contributed by atoms with Crippen LogP contribution < -0.4 is 0 Å². The van der Waals surface area contributed by atoms with Gasteiger partial charge in [0.05, 0.1) is 0 Å². The fraction of sp³-hybridized carbons (Fsp3) is 0.292. The first kappa shape index (κ1) is 20.5. The monoisotopic (exact) mass is 389 g/mol. The van der Waals surface area contributed by atoms with E-state index in [1.54, 1.807) is 6.08 Å². The predicted octanol–water partition coefficient (Wildman–Crippen LogP) is 4.93. The topological polar surface area (TPSA) is 59.2 Å². The SMILES string of the molecule is CCCCN(CCc1nc(-c2ccc(C)cc2)no1)C(=O)/C=C/c1ccccc1. The molecule has 0 N–H and O–H groups in total. The number of unbranched alkanes of at least 4 members (excludes halogenated alkanes) is 1. The summed E-state index contributed by atoms with van der Waals surface area (Å²) in [6, 6.07) is 17.8. The normalized spacial score (nSPS) is 11.1. The average molecular weight is 389 g/mol. The van der Waals surface area contributed by atoms with Crippen molar-refractivity contribution in [2.75, 3.05) is 13.1 Å². The van der Waals surface area contributed by atoms with E-state index in [0.29, 0.717) is 31.2 Å². The van der Waals surface area contributed by atoms with E-state index >= 15 is 0 Å². The van der Waals surface area contributed by atoms with Crippen LogP contribution in [0.4, 0.5) is 0 Å². The Labute approximate surface area is 172 Å². The molecule has 5 nitrogen and oxygen atoms in total. The van der Waals surface area contributed by atoms with Crippen LogP contribution >= 0.6 is 0 Å². The van der Waals surface area contributed by atoms with E-state index in [1.807, 2.05) is 72.5 Å². The molecule has 0 radical (unpaired) electrons. The minimum absolute atomic E-state index is 0.000534. The van der Waals surface area contributed by atoms with E-state index in [9.17, 15) is 4.79 Å². The number of nitrogens with zero attached hydrogens (tertiary/aromatic N) is 3. The van der Waals surface area contributed by atoms with E-state index in [0.717, 1.165) is 24.0 Å². The van der Waals surface area contributed by atoms with Crippen molar-refractivity contribution in [1.29, 1.82) is 0 Å². The van der Waals surface area contributed by atoms with Gasteiger partial charge in [0.25, 0.3) is 0 Å². The second-order valence-electron chi connectivity index (χ2n) is 7.05. The van der Waals surface area contributed by atoms with Gasteiger partial charge in [-0.2, -0.15) is 4.98 Å². The summed E-state index contributed by atoms with van der Waals surface area (Å²) < 4.78 is 5.40. The molecule has 1 aromatic heterocycles. The molecule has 150 valence electrons. The Kier molecular flexibility index (Phi) is 7.34. The maximum Gasteiger partial charge on any atom is 0.246 e. The maximum atomic E-state index is 12.7. The van der Waals surface area contributed by atoms with E-state index in [1.165, 1.54) is 5.56 Å². The zero-order chi connectivity index (χ0) is 20.5. The Bertz CT molecular complexity index is 930. The lowest BCUT2D eigenvalue weighted by Crippen LogP contribution is -2.32. The molecule has 0 bridgehead atoms. The third kappa shape index (κ3) is 6.14. The van der Waals surface area contributed by atoms with Gasteiger partial charge in [0.15, 0.2) is 0 Å². The molecule has 5 heteroatoms. The van der Waals surface area contributed by atoms with Crippen molar-refractivity contribution in [2.24, 2.45) is 0 Å². The summed E-state index contributed by atoms with van der Waals surface area (Å²) in [5.74, 6) is 1.12. The molecule has 0 aliphatic heterocycles. The smallest absolute Gasteiger partial charge is 0.246 e. The van der Waals surface area contributed by atoms with Crippen molar-refractivity contribution in [1.82, 2.24) is 15.0 Å². The Balaban J connectivity index is 1.62. The highest BCUT2D eigenvalue weighted by Gasteiger charge is 2.14. The van der Waals surface area contributed by atoms with E-state index in [4.69, 9.17) is 4.52 Å². The maximum absolute atomic E-state index is 12.7. The summed E-state index contributed by atoms with van der Waals surface area (Å²) in [5, 5.41) is 4.07. The van der Waals surface area contributed by atoms with Crippen molar-refractivity contribution in [3.8, 4) is 11.4 Å². The van der Waals surface area contributed by atoms with Gasteiger partial charge in [-0.05, 0) is 25.0 Å². The first-order chi connectivity index (χ1) is 14.2. The first-order valence-corrected chi connectivity index (χ1v) is 10.1. The van der Waals surface area contributed by atoms with Gasteiger partial charge >= 0.3 is 0 Å². The third-order valence-electron chi connectivity index (χ3n) is 4.68. The average Bonchev–Trinajstić information content (AvgIpc) is 3.22. The molecule has 0 spiro atoms. The summed E-state index contributed by atoms with van der Waals surface area (Å²) in [5.41, 5.74) is 3.12. The molecular formula is C24H27N3O2. The van der Waals surface area contributed by atoms with Crippen LogP contribution in [0.2, 0.25) is 0 Å². The zero-order valence-corrected chi connectivity index (χ0v) is 17.0. The molecule has 3 rings (SSSR count). The van der Waals surface area contributed by atoms with Crippen molar-refractivity contribution in [3.05, 3.63) is 77.7 Å². The first-order valence-electron chi connectivity index (χ1n) is 10.1. The summed E-state index contributed by atoms with van der Waals surface area (Å²) in [6.45, 7) is 5.43. The molecule has 0 saturated carbocycles. The van der Waals surface area contributed by atoms with Gasteiger partial charge in [0.1, 0.15) is 0 Å². The van der Waals surface area contributed by atoms with Crippen LogP contribution in [0.3, 0.4) is 0 Å². The summed E-state index contributed by atoms with van der Waals surface area (Å²) in [4.78, 5) is 19.0. The molecule has 0 fully saturated rings. The van der Waals surface area contributed by atoms with Gasteiger partial charge in [0.2, 0.25) is 17.6 Å². The minimum atomic E-state index is 0.000534. The molecule has 29 heavy (non-hydrogen) atoms. The van der Waals surface area contributed by atoms with Crippen LogP contribution in [0.25, 0.3) is 17.5 Å². The quantitative estimate of drug-likeness (QED) is 0.487. The predicted molar refractivity (Wildman–Crippen MR) is 115 cm³/mol. The Hall–Kier alpha value is -3.21. The van der Waals surface area contributed by atoms with Gasteiger partial charge in [-0.1, -0.05) is 78.7 Å².